The second kappa shape index (κ2) is 7.34. The van der Waals surface area contributed by atoms with Gasteiger partial charge in [0.05, 0.1) is 9.40 Å². The van der Waals surface area contributed by atoms with Gasteiger partial charge in [-0.25, -0.2) is 14.6 Å². The Hall–Kier alpha value is -2.23. The zero-order valence-corrected chi connectivity index (χ0v) is 16.4. The first kappa shape index (κ1) is 20.8. The molecule has 0 aliphatic rings. The number of carbonyl (C=O) groups is 2. The second-order valence-electron chi connectivity index (χ2n) is 7.05. The maximum atomic E-state index is 12.5. The lowest BCUT2D eigenvalue weighted by Crippen LogP contribution is -2.44. The molecule has 0 fully saturated rings. The molecule has 1 aromatic rings. The first-order chi connectivity index (χ1) is 11.2. The van der Waals surface area contributed by atoms with E-state index >= 15 is 0 Å². The Morgan fingerprint density at radius 2 is 1.56 bits per heavy atom. The molecule has 25 heavy (non-hydrogen) atoms. The van der Waals surface area contributed by atoms with Crippen molar-refractivity contribution in [3.05, 3.63) is 26.9 Å². The molecule has 0 spiro atoms. The van der Waals surface area contributed by atoms with Crippen LogP contribution < -0.4 is 4.90 Å². The number of nitrogens with zero attached hydrogens (tertiary/aromatic N) is 3. The Bertz CT molecular complexity index is 665. The maximum Gasteiger partial charge on any atom is 0.425 e. The molecule has 0 N–H and O–H groups in total. The number of carbonyl (C=O) groups excluding carboxylic acids is 2. The number of pyridine rings is 1. The molecule has 0 radical (unpaired) electrons. The molecule has 0 unspecified atom stereocenters. The van der Waals surface area contributed by atoms with Crippen LogP contribution in [0.3, 0.4) is 0 Å². The molecule has 0 bridgehead atoms. The first-order valence-electron chi connectivity index (χ1n) is 7.27. The van der Waals surface area contributed by atoms with Gasteiger partial charge in [-0.3, -0.25) is 10.1 Å². The summed E-state index contributed by atoms with van der Waals surface area (Å²) >= 11 is 3.09. The van der Waals surface area contributed by atoms with Crippen molar-refractivity contribution in [1.82, 2.24) is 4.98 Å². The van der Waals surface area contributed by atoms with Crippen LogP contribution in [0.5, 0.6) is 0 Å². The number of ether oxygens (including phenoxy) is 2. The number of aromatic nitrogens is 1. The normalized spacial score (nSPS) is 11.6. The summed E-state index contributed by atoms with van der Waals surface area (Å²) in [5.74, 6) is -0.172. The monoisotopic (exact) mass is 417 g/mol. The molecule has 0 atom stereocenters. The van der Waals surface area contributed by atoms with Gasteiger partial charge in [0.25, 0.3) is 5.69 Å². The van der Waals surface area contributed by atoms with Crippen LogP contribution in [-0.2, 0) is 9.47 Å². The van der Waals surface area contributed by atoms with Crippen LogP contribution in [0.4, 0.5) is 21.1 Å². The van der Waals surface area contributed by atoms with Crippen molar-refractivity contribution >= 4 is 39.6 Å². The zero-order chi connectivity index (χ0) is 19.6. The summed E-state index contributed by atoms with van der Waals surface area (Å²) in [5, 5.41) is 10.8. The Morgan fingerprint density at radius 1 is 1.12 bits per heavy atom. The lowest BCUT2D eigenvalue weighted by Gasteiger charge is -2.28. The largest absolute Gasteiger partial charge is 0.443 e. The van der Waals surface area contributed by atoms with Crippen LogP contribution in [-0.4, -0.2) is 33.3 Å². The minimum Gasteiger partial charge on any atom is -0.443 e. The fraction of sp³-hybridized carbons (Fsp3) is 0.533. The third-order valence-electron chi connectivity index (χ3n) is 2.38. The van der Waals surface area contributed by atoms with Crippen molar-refractivity contribution < 1.29 is 24.0 Å². The number of halogens is 1. The van der Waals surface area contributed by atoms with E-state index in [4.69, 9.17) is 9.47 Å². The number of rotatable bonds is 2. The van der Waals surface area contributed by atoms with Crippen LogP contribution >= 0.6 is 15.9 Å². The van der Waals surface area contributed by atoms with E-state index in [9.17, 15) is 19.7 Å². The smallest absolute Gasteiger partial charge is 0.425 e. The van der Waals surface area contributed by atoms with Crippen LogP contribution in [0.25, 0.3) is 0 Å². The van der Waals surface area contributed by atoms with Crippen molar-refractivity contribution in [3.63, 3.8) is 0 Å². The Kier molecular flexibility index (Phi) is 6.11. The first-order valence-corrected chi connectivity index (χ1v) is 8.06. The van der Waals surface area contributed by atoms with Crippen molar-refractivity contribution in [2.24, 2.45) is 0 Å². The SMILES string of the molecule is CC(C)(C)OC(=O)N(C(=O)OC(C)(C)C)c1ncc([N+](=O)[O-])cc1Br. The zero-order valence-electron chi connectivity index (χ0n) is 14.8. The maximum absolute atomic E-state index is 12.5. The van der Waals surface area contributed by atoms with Crippen molar-refractivity contribution in [2.75, 3.05) is 4.90 Å². The molecule has 0 aromatic carbocycles. The Morgan fingerprint density at radius 3 is 1.88 bits per heavy atom. The minimum absolute atomic E-state index is 0.0680. The molecule has 0 saturated carbocycles. The molecule has 0 aliphatic carbocycles. The van der Waals surface area contributed by atoms with E-state index in [1.807, 2.05) is 0 Å². The third kappa shape index (κ3) is 6.29. The van der Waals surface area contributed by atoms with Crippen LogP contribution in [0.2, 0.25) is 0 Å². The summed E-state index contributed by atoms with van der Waals surface area (Å²) in [6, 6.07) is 1.13. The van der Waals surface area contributed by atoms with Crippen LogP contribution in [0.15, 0.2) is 16.7 Å². The van der Waals surface area contributed by atoms with E-state index in [-0.39, 0.29) is 16.0 Å². The van der Waals surface area contributed by atoms with Crippen molar-refractivity contribution in [2.45, 2.75) is 52.7 Å². The average molecular weight is 418 g/mol. The fourth-order valence-electron chi connectivity index (χ4n) is 1.55. The van der Waals surface area contributed by atoms with Gasteiger partial charge >= 0.3 is 12.2 Å². The van der Waals surface area contributed by atoms with Gasteiger partial charge in [-0.1, -0.05) is 0 Å². The molecular weight excluding hydrogens is 398 g/mol. The summed E-state index contributed by atoms with van der Waals surface area (Å²) in [6.45, 7) is 9.81. The number of amides is 2. The second-order valence-corrected chi connectivity index (χ2v) is 7.91. The number of anilines is 1. The lowest BCUT2D eigenvalue weighted by atomic mass is 10.2. The Labute approximate surface area is 153 Å². The van der Waals surface area contributed by atoms with Gasteiger partial charge in [0.1, 0.15) is 17.4 Å². The van der Waals surface area contributed by atoms with Crippen LogP contribution in [0.1, 0.15) is 41.5 Å². The summed E-state index contributed by atoms with van der Waals surface area (Å²) in [6.07, 6.45) is -1.09. The Balaban J connectivity index is 3.33. The van der Waals surface area contributed by atoms with E-state index in [0.29, 0.717) is 4.90 Å². The van der Waals surface area contributed by atoms with Gasteiger partial charge in [0, 0.05) is 6.07 Å². The molecule has 0 saturated heterocycles. The summed E-state index contributed by atoms with van der Waals surface area (Å²) in [5.41, 5.74) is -2.04. The van der Waals surface area contributed by atoms with Gasteiger partial charge < -0.3 is 9.47 Å². The number of hydrogen-bond acceptors (Lipinski definition) is 7. The summed E-state index contributed by atoms with van der Waals surface area (Å²) in [4.78, 5) is 39.5. The predicted octanol–water partition coefficient (Wildman–Crippen LogP) is 4.43. The molecule has 1 aromatic heterocycles. The highest BCUT2D eigenvalue weighted by Gasteiger charge is 2.35. The standard InChI is InChI=1S/C15H20BrN3O6/c1-14(2,3)24-12(20)18(13(21)25-15(4,5)6)11-10(16)7-9(8-17-11)19(22)23/h7-8H,1-6H3. The van der Waals surface area contributed by atoms with Gasteiger partial charge in [0.2, 0.25) is 0 Å². The van der Waals surface area contributed by atoms with E-state index in [1.54, 1.807) is 41.5 Å². The summed E-state index contributed by atoms with van der Waals surface area (Å²) in [7, 11) is 0. The van der Waals surface area contributed by atoms with Crippen molar-refractivity contribution in [3.8, 4) is 0 Å². The molecule has 1 heterocycles. The van der Waals surface area contributed by atoms with Crippen LogP contribution in [0, 0.1) is 10.1 Å². The third-order valence-corrected chi connectivity index (χ3v) is 2.97. The lowest BCUT2D eigenvalue weighted by molar-refractivity contribution is -0.385. The van der Waals surface area contributed by atoms with E-state index in [1.165, 1.54) is 0 Å². The number of hydrogen-bond donors (Lipinski definition) is 0. The highest BCUT2D eigenvalue weighted by molar-refractivity contribution is 9.10. The molecule has 2 amide bonds. The topological polar surface area (TPSA) is 112 Å². The van der Waals surface area contributed by atoms with Gasteiger partial charge in [0.15, 0.2) is 5.82 Å². The summed E-state index contributed by atoms with van der Waals surface area (Å²) < 4.78 is 10.5. The minimum atomic E-state index is -1.01. The van der Waals surface area contributed by atoms with E-state index in [0.717, 1.165) is 12.3 Å². The van der Waals surface area contributed by atoms with Crippen molar-refractivity contribution in [1.29, 1.82) is 0 Å². The van der Waals surface area contributed by atoms with Gasteiger partial charge in [-0.15, -0.1) is 0 Å². The predicted molar refractivity (Wildman–Crippen MR) is 93.5 cm³/mol. The van der Waals surface area contributed by atoms with Gasteiger partial charge in [-0.2, -0.15) is 4.90 Å². The molecular formula is C15H20BrN3O6. The molecule has 0 aliphatic heterocycles. The quantitative estimate of drug-likeness (QED) is 0.516. The number of imide groups is 1. The molecule has 10 heteroatoms. The molecule has 9 nitrogen and oxygen atoms in total. The fourth-order valence-corrected chi connectivity index (χ4v) is 2.06. The van der Waals surface area contributed by atoms with Gasteiger partial charge in [-0.05, 0) is 57.5 Å². The average Bonchev–Trinajstić information content (AvgIpc) is 2.36. The molecule has 138 valence electrons. The molecule has 1 rings (SSSR count). The highest BCUT2D eigenvalue weighted by atomic mass is 79.9. The number of nitro groups is 1. The van der Waals surface area contributed by atoms with E-state index in [2.05, 4.69) is 20.9 Å². The highest BCUT2D eigenvalue weighted by Crippen LogP contribution is 2.30. The van der Waals surface area contributed by atoms with E-state index < -0.39 is 28.3 Å².